The van der Waals surface area contributed by atoms with Gasteiger partial charge in [-0.15, -0.1) is 0 Å². The minimum Gasteiger partial charge on any atom is -0.356 e. The van der Waals surface area contributed by atoms with Crippen molar-refractivity contribution < 1.29 is 0 Å². The zero-order chi connectivity index (χ0) is 10.3. The number of nitrogens with zero attached hydrogens (tertiary/aromatic N) is 4. The first-order valence-electron chi connectivity index (χ1n) is 5.12. The van der Waals surface area contributed by atoms with Gasteiger partial charge in [-0.1, -0.05) is 0 Å². The summed E-state index contributed by atoms with van der Waals surface area (Å²) in [6.45, 7) is 2.81. The molecule has 5 nitrogen and oxygen atoms in total. The van der Waals surface area contributed by atoms with Crippen molar-refractivity contribution in [3.8, 4) is 0 Å². The molecule has 0 aliphatic carbocycles. The van der Waals surface area contributed by atoms with Crippen LogP contribution in [0.25, 0.3) is 5.65 Å². The molecule has 5 heteroatoms. The van der Waals surface area contributed by atoms with Crippen molar-refractivity contribution in [1.82, 2.24) is 14.6 Å². The topological polar surface area (TPSA) is 59.5 Å². The first kappa shape index (κ1) is 8.67. The highest BCUT2D eigenvalue weighted by atomic mass is 15.3. The maximum absolute atomic E-state index is 5.59. The zero-order valence-electron chi connectivity index (χ0n) is 8.37. The average molecular weight is 203 g/mol. The molecule has 0 saturated carbocycles. The van der Waals surface area contributed by atoms with Gasteiger partial charge in [0.2, 0.25) is 0 Å². The predicted molar refractivity (Wildman–Crippen MR) is 57.7 cm³/mol. The van der Waals surface area contributed by atoms with Crippen LogP contribution in [0.1, 0.15) is 0 Å². The van der Waals surface area contributed by atoms with Gasteiger partial charge < -0.3 is 10.6 Å². The van der Waals surface area contributed by atoms with Gasteiger partial charge >= 0.3 is 0 Å². The third kappa shape index (κ3) is 1.35. The minimum atomic E-state index is 0.632. The van der Waals surface area contributed by atoms with Crippen LogP contribution in [0.15, 0.2) is 24.5 Å². The smallest absolute Gasteiger partial charge is 0.157 e. The minimum absolute atomic E-state index is 0.632. The summed E-state index contributed by atoms with van der Waals surface area (Å²) in [6.07, 6.45) is 3.69. The third-order valence-electron chi connectivity index (χ3n) is 2.86. The van der Waals surface area contributed by atoms with E-state index in [0.29, 0.717) is 5.92 Å². The SMILES string of the molecule is NCC1CN(c2ccn3nccc3n2)C1. The van der Waals surface area contributed by atoms with Crippen LogP contribution in [-0.4, -0.2) is 34.2 Å². The summed E-state index contributed by atoms with van der Waals surface area (Å²) in [7, 11) is 0. The highest BCUT2D eigenvalue weighted by Crippen LogP contribution is 2.21. The van der Waals surface area contributed by atoms with Crippen molar-refractivity contribution in [1.29, 1.82) is 0 Å². The van der Waals surface area contributed by atoms with Gasteiger partial charge in [0.1, 0.15) is 5.82 Å². The summed E-state index contributed by atoms with van der Waals surface area (Å²) in [5, 5.41) is 4.11. The molecule has 0 aromatic carbocycles. The standard InChI is InChI=1S/C10H13N5/c11-5-8-6-14(7-8)9-2-4-15-10(13-9)1-3-12-15/h1-4,8H,5-7,11H2. The Hall–Kier alpha value is -1.62. The molecule has 1 fully saturated rings. The summed E-state index contributed by atoms with van der Waals surface area (Å²) >= 11 is 0. The van der Waals surface area contributed by atoms with Crippen molar-refractivity contribution in [2.24, 2.45) is 11.7 Å². The Balaban J connectivity index is 1.86. The fourth-order valence-corrected chi connectivity index (χ4v) is 1.88. The third-order valence-corrected chi connectivity index (χ3v) is 2.86. The number of hydrogen-bond acceptors (Lipinski definition) is 4. The van der Waals surface area contributed by atoms with Crippen LogP contribution in [0.5, 0.6) is 0 Å². The predicted octanol–water partition coefficient (Wildman–Crippen LogP) is 0.124. The Kier molecular flexibility index (Phi) is 1.85. The van der Waals surface area contributed by atoms with E-state index in [1.807, 2.05) is 18.3 Å². The summed E-state index contributed by atoms with van der Waals surface area (Å²) < 4.78 is 1.77. The lowest BCUT2D eigenvalue weighted by atomic mass is 10.0. The molecule has 2 aromatic rings. The monoisotopic (exact) mass is 203 g/mol. The molecule has 0 radical (unpaired) electrons. The molecular weight excluding hydrogens is 190 g/mol. The largest absolute Gasteiger partial charge is 0.356 e. The van der Waals surface area contributed by atoms with Crippen molar-refractivity contribution >= 4 is 11.5 Å². The Morgan fingerprint density at radius 2 is 2.27 bits per heavy atom. The second-order valence-electron chi connectivity index (χ2n) is 3.93. The normalized spacial score (nSPS) is 17.0. The van der Waals surface area contributed by atoms with Gasteiger partial charge in [0.25, 0.3) is 0 Å². The number of anilines is 1. The Labute approximate surface area is 87.5 Å². The fourth-order valence-electron chi connectivity index (χ4n) is 1.88. The van der Waals surface area contributed by atoms with E-state index in [1.54, 1.807) is 10.7 Å². The van der Waals surface area contributed by atoms with E-state index in [9.17, 15) is 0 Å². The molecule has 1 saturated heterocycles. The Bertz CT molecular complexity index is 471. The molecule has 3 rings (SSSR count). The second kappa shape index (κ2) is 3.20. The number of rotatable bonds is 2. The Morgan fingerprint density at radius 3 is 3.07 bits per heavy atom. The number of hydrogen-bond donors (Lipinski definition) is 1. The zero-order valence-corrected chi connectivity index (χ0v) is 8.37. The Morgan fingerprint density at radius 1 is 1.40 bits per heavy atom. The molecule has 0 amide bonds. The first-order valence-corrected chi connectivity index (χ1v) is 5.12. The summed E-state index contributed by atoms with van der Waals surface area (Å²) in [5.41, 5.74) is 6.48. The summed E-state index contributed by atoms with van der Waals surface area (Å²) in [5.74, 6) is 1.65. The molecule has 2 N–H and O–H groups in total. The van der Waals surface area contributed by atoms with Gasteiger partial charge in [0, 0.05) is 31.3 Å². The van der Waals surface area contributed by atoms with Crippen molar-refractivity contribution in [3.05, 3.63) is 24.5 Å². The van der Waals surface area contributed by atoms with Crippen LogP contribution >= 0.6 is 0 Å². The van der Waals surface area contributed by atoms with E-state index >= 15 is 0 Å². The lowest BCUT2D eigenvalue weighted by molar-refractivity contribution is 0.417. The van der Waals surface area contributed by atoms with Crippen molar-refractivity contribution in [2.75, 3.05) is 24.5 Å². The van der Waals surface area contributed by atoms with Gasteiger partial charge in [-0.05, 0) is 12.6 Å². The van der Waals surface area contributed by atoms with Crippen LogP contribution in [0.2, 0.25) is 0 Å². The number of fused-ring (bicyclic) bond motifs is 1. The highest BCUT2D eigenvalue weighted by molar-refractivity contribution is 5.48. The van der Waals surface area contributed by atoms with Gasteiger partial charge in [-0.25, -0.2) is 9.50 Å². The van der Waals surface area contributed by atoms with E-state index in [4.69, 9.17) is 5.73 Å². The molecule has 1 aliphatic heterocycles. The van der Waals surface area contributed by atoms with Gasteiger partial charge in [-0.2, -0.15) is 5.10 Å². The van der Waals surface area contributed by atoms with Gasteiger partial charge in [-0.3, -0.25) is 0 Å². The molecule has 78 valence electrons. The second-order valence-corrected chi connectivity index (χ2v) is 3.93. The molecule has 0 atom stereocenters. The summed E-state index contributed by atoms with van der Waals surface area (Å²) in [6, 6.07) is 3.90. The van der Waals surface area contributed by atoms with E-state index in [-0.39, 0.29) is 0 Å². The quantitative estimate of drug-likeness (QED) is 0.753. The number of nitrogens with two attached hydrogens (primary N) is 1. The van der Waals surface area contributed by atoms with E-state index in [1.165, 1.54) is 0 Å². The van der Waals surface area contributed by atoms with E-state index in [0.717, 1.165) is 31.1 Å². The molecule has 0 spiro atoms. The fraction of sp³-hybridized carbons (Fsp3) is 0.400. The van der Waals surface area contributed by atoms with Crippen molar-refractivity contribution in [2.45, 2.75) is 0 Å². The molecule has 1 aliphatic rings. The number of aromatic nitrogens is 3. The first-order chi connectivity index (χ1) is 7.36. The van der Waals surface area contributed by atoms with Gasteiger partial charge in [0.05, 0.1) is 6.20 Å². The highest BCUT2D eigenvalue weighted by Gasteiger charge is 2.26. The molecule has 15 heavy (non-hydrogen) atoms. The maximum Gasteiger partial charge on any atom is 0.157 e. The molecular formula is C10H13N5. The van der Waals surface area contributed by atoms with E-state index in [2.05, 4.69) is 15.0 Å². The lowest BCUT2D eigenvalue weighted by Crippen LogP contribution is -2.50. The van der Waals surface area contributed by atoms with Crippen LogP contribution < -0.4 is 10.6 Å². The van der Waals surface area contributed by atoms with Gasteiger partial charge in [0.15, 0.2) is 5.65 Å². The molecule has 0 bridgehead atoms. The maximum atomic E-state index is 5.59. The van der Waals surface area contributed by atoms with Crippen LogP contribution in [-0.2, 0) is 0 Å². The van der Waals surface area contributed by atoms with E-state index < -0.39 is 0 Å². The molecule has 3 heterocycles. The van der Waals surface area contributed by atoms with Crippen molar-refractivity contribution in [3.63, 3.8) is 0 Å². The molecule has 0 unspecified atom stereocenters. The van der Waals surface area contributed by atoms with Crippen LogP contribution in [0, 0.1) is 5.92 Å². The van der Waals surface area contributed by atoms with Crippen LogP contribution in [0.3, 0.4) is 0 Å². The summed E-state index contributed by atoms with van der Waals surface area (Å²) in [4.78, 5) is 6.75. The average Bonchev–Trinajstić information content (AvgIpc) is 2.63. The van der Waals surface area contributed by atoms with Crippen LogP contribution in [0.4, 0.5) is 5.82 Å². The lowest BCUT2D eigenvalue weighted by Gasteiger charge is -2.39. The molecule has 2 aromatic heterocycles.